The summed E-state index contributed by atoms with van der Waals surface area (Å²) in [6, 6.07) is -1.19. The van der Waals surface area contributed by atoms with E-state index in [0.717, 1.165) is 44.9 Å². The zero-order valence-electron chi connectivity index (χ0n) is 52.1. The number of aliphatic hydroxyl groups excluding tert-OH is 7. The predicted octanol–water partition coefficient (Wildman–Crippen LogP) is 16.2. The van der Waals surface area contributed by atoms with Gasteiger partial charge in [-0.1, -0.05) is 301 Å². The molecule has 11 nitrogen and oxygen atoms in total. The Bertz CT molecular complexity index is 1390. The summed E-state index contributed by atoms with van der Waals surface area (Å²) in [4.78, 5) is 13.2. The number of nitrogens with one attached hydrogen (secondary N) is 1. The van der Waals surface area contributed by atoms with Gasteiger partial charge in [0.1, 0.15) is 36.6 Å². The molecule has 472 valence electrons. The number of rotatable bonds is 60. The average molecular weight is 1130 g/mol. The van der Waals surface area contributed by atoms with E-state index in [0.29, 0.717) is 19.3 Å². The van der Waals surface area contributed by atoms with Gasteiger partial charge < -0.3 is 50.5 Å². The number of hydrogen-bond acceptors (Lipinski definition) is 10. The van der Waals surface area contributed by atoms with E-state index in [1.807, 2.05) is 0 Å². The summed E-state index contributed by atoms with van der Waals surface area (Å²) in [5.74, 6) is -0.706. The largest absolute Gasteiger partial charge is 0.394 e. The van der Waals surface area contributed by atoms with Crippen LogP contribution >= 0.6 is 0 Å². The molecule has 11 heteroatoms. The van der Waals surface area contributed by atoms with Crippen molar-refractivity contribution in [2.45, 2.75) is 384 Å². The van der Waals surface area contributed by atoms with Crippen LogP contribution in [0.15, 0.2) is 36.5 Å². The Morgan fingerprint density at radius 3 is 1.11 bits per heavy atom. The zero-order valence-corrected chi connectivity index (χ0v) is 52.1. The van der Waals surface area contributed by atoms with Crippen LogP contribution < -0.4 is 5.32 Å². The van der Waals surface area contributed by atoms with Gasteiger partial charge in [-0.05, 0) is 64.2 Å². The summed E-state index contributed by atoms with van der Waals surface area (Å²) >= 11 is 0. The number of unbranched alkanes of at least 4 members (excludes halogenated alkanes) is 42. The highest BCUT2D eigenvalue weighted by molar-refractivity contribution is 5.80. The third-order valence-electron chi connectivity index (χ3n) is 16.7. The summed E-state index contributed by atoms with van der Waals surface area (Å²) < 4.78 is 11.2. The van der Waals surface area contributed by atoms with E-state index in [4.69, 9.17) is 9.47 Å². The Morgan fingerprint density at radius 1 is 0.425 bits per heavy atom. The minimum Gasteiger partial charge on any atom is -0.394 e. The number of carbonyl (C=O) groups is 1. The van der Waals surface area contributed by atoms with Gasteiger partial charge in [-0.15, -0.1) is 0 Å². The monoisotopic (exact) mass is 1130 g/mol. The molecule has 1 aliphatic heterocycles. The van der Waals surface area contributed by atoms with Crippen molar-refractivity contribution < 1.29 is 50.0 Å². The van der Waals surface area contributed by atoms with Crippen molar-refractivity contribution in [1.29, 1.82) is 0 Å². The van der Waals surface area contributed by atoms with Crippen LogP contribution in [0.25, 0.3) is 0 Å². The molecule has 1 saturated heterocycles. The first kappa shape index (κ1) is 76.3. The molecule has 9 atom stereocenters. The SMILES string of the molecule is CCCCCCCCCCCCCCCC/C=C/CC/C=C/CC/C=C/CCCC(O)C(O)C(COC1OC(CO)C(O)C(O)C1O)NC(=O)C(O)CCCCCCCCCCCCCCCCCCCCCCCCCCCC. The normalized spacial score (nSPS) is 19.4. The molecule has 0 radical (unpaired) electrons. The fraction of sp³-hybridized carbons (Fsp3) is 0.899. The summed E-state index contributed by atoms with van der Waals surface area (Å²) in [6.45, 7) is 3.49. The Morgan fingerprint density at radius 2 is 0.750 bits per heavy atom. The lowest BCUT2D eigenvalue weighted by atomic mass is 9.98. The smallest absolute Gasteiger partial charge is 0.249 e. The van der Waals surface area contributed by atoms with Crippen LogP contribution in [0.2, 0.25) is 0 Å². The predicted molar refractivity (Wildman–Crippen MR) is 335 cm³/mol. The second-order valence-corrected chi connectivity index (χ2v) is 24.2. The van der Waals surface area contributed by atoms with Gasteiger partial charge in [0.05, 0.1) is 25.4 Å². The van der Waals surface area contributed by atoms with Crippen LogP contribution in [0, 0.1) is 0 Å². The van der Waals surface area contributed by atoms with Gasteiger partial charge in [0, 0.05) is 0 Å². The van der Waals surface area contributed by atoms with Gasteiger partial charge in [0.15, 0.2) is 6.29 Å². The molecule has 1 heterocycles. The molecular formula is C69H131NO10. The van der Waals surface area contributed by atoms with Crippen molar-refractivity contribution in [3.63, 3.8) is 0 Å². The Balaban J connectivity index is 2.25. The summed E-state index contributed by atoms with van der Waals surface area (Å²) in [5, 5.41) is 76.4. The lowest BCUT2D eigenvalue weighted by molar-refractivity contribution is -0.303. The molecule has 1 rings (SSSR count). The van der Waals surface area contributed by atoms with Crippen molar-refractivity contribution in [2.75, 3.05) is 13.2 Å². The minimum atomic E-state index is -1.67. The molecule has 0 saturated carbocycles. The Hall–Kier alpha value is -1.67. The molecule has 0 aliphatic carbocycles. The van der Waals surface area contributed by atoms with Crippen LogP contribution in [0.5, 0.6) is 0 Å². The highest BCUT2D eigenvalue weighted by atomic mass is 16.7. The minimum absolute atomic E-state index is 0.243. The Labute approximate surface area is 492 Å². The highest BCUT2D eigenvalue weighted by Crippen LogP contribution is 2.24. The fourth-order valence-electron chi connectivity index (χ4n) is 11.1. The number of aliphatic hydroxyl groups is 7. The molecular weight excluding hydrogens is 1000 g/mol. The van der Waals surface area contributed by atoms with Crippen molar-refractivity contribution in [3.05, 3.63) is 36.5 Å². The summed E-state index contributed by atoms with van der Waals surface area (Å²) in [6.07, 6.45) is 62.3. The molecule has 1 fully saturated rings. The standard InChI is InChI=1S/C69H131NO10/c1-3-5-7-9-11-13-15-17-19-21-23-25-27-29-31-33-34-36-38-40-42-44-46-48-50-52-54-56-61(72)64(74)60(59-79-69-67(77)66(76)65(75)63(58-71)80-69)70-68(78)62(73)57-55-53-51-49-47-45-43-41-39-37-35-32-30-28-26-24-22-20-18-16-14-12-10-8-6-4-2/h33-34,40,42,48,50,60-67,69,71-77H,3-32,35-39,41,43-47,49,51-59H2,1-2H3,(H,70,78)/b34-33+,42-40+,50-48+. The molecule has 8 N–H and O–H groups in total. The Kier molecular flexibility index (Phi) is 55.1. The molecule has 1 amide bonds. The van der Waals surface area contributed by atoms with Gasteiger partial charge in [0.2, 0.25) is 5.91 Å². The molecule has 0 aromatic rings. The van der Waals surface area contributed by atoms with E-state index in [1.165, 1.54) is 238 Å². The second kappa shape index (κ2) is 57.7. The van der Waals surface area contributed by atoms with E-state index in [9.17, 15) is 40.5 Å². The van der Waals surface area contributed by atoms with Gasteiger partial charge in [0.25, 0.3) is 0 Å². The fourth-order valence-corrected chi connectivity index (χ4v) is 11.1. The quantitative estimate of drug-likeness (QED) is 0.0215. The van der Waals surface area contributed by atoms with E-state index >= 15 is 0 Å². The van der Waals surface area contributed by atoms with Crippen LogP contribution in [-0.4, -0.2) is 110 Å². The molecule has 1 aliphatic rings. The first-order chi connectivity index (χ1) is 39.2. The van der Waals surface area contributed by atoms with Crippen molar-refractivity contribution in [1.82, 2.24) is 5.32 Å². The van der Waals surface area contributed by atoms with Crippen molar-refractivity contribution in [2.24, 2.45) is 0 Å². The molecule has 9 unspecified atom stereocenters. The van der Waals surface area contributed by atoms with Gasteiger partial charge in [-0.2, -0.15) is 0 Å². The van der Waals surface area contributed by atoms with Gasteiger partial charge >= 0.3 is 0 Å². The van der Waals surface area contributed by atoms with Crippen LogP contribution in [0.3, 0.4) is 0 Å². The van der Waals surface area contributed by atoms with E-state index in [-0.39, 0.29) is 12.8 Å². The summed E-state index contributed by atoms with van der Waals surface area (Å²) in [7, 11) is 0. The molecule has 0 aromatic heterocycles. The van der Waals surface area contributed by atoms with Crippen LogP contribution in [0.4, 0.5) is 0 Å². The lowest BCUT2D eigenvalue weighted by Crippen LogP contribution is -2.60. The maximum atomic E-state index is 13.2. The van der Waals surface area contributed by atoms with Gasteiger partial charge in [-0.25, -0.2) is 0 Å². The lowest BCUT2D eigenvalue weighted by Gasteiger charge is -2.40. The molecule has 0 spiro atoms. The molecule has 80 heavy (non-hydrogen) atoms. The number of hydrogen-bond donors (Lipinski definition) is 8. The average Bonchev–Trinajstić information content (AvgIpc) is 3.47. The van der Waals surface area contributed by atoms with Crippen molar-refractivity contribution >= 4 is 5.91 Å². The first-order valence-corrected chi connectivity index (χ1v) is 34.4. The zero-order chi connectivity index (χ0) is 58.2. The highest BCUT2D eigenvalue weighted by Gasteiger charge is 2.44. The van der Waals surface area contributed by atoms with Crippen LogP contribution in [-0.2, 0) is 14.3 Å². The molecule has 0 aromatic carbocycles. The summed E-state index contributed by atoms with van der Waals surface area (Å²) in [5.41, 5.74) is 0. The second-order valence-electron chi connectivity index (χ2n) is 24.2. The third kappa shape index (κ3) is 44.8. The third-order valence-corrected chi connectivity index (χ3v) is 16.7. The number of ether oxygens (including phenoxy) is 2. The topological polar surface area (TPSA) is 189 Å². The maximum Gasteiger partial charge on any atom is 0.249 e. The van der Waals surface area contributed by atoms with E-state index in [2.05, 4.69) is 55.6 Å². The van der Waals surface area contributed by atoms with Gasteiger partial charge in [-0.3, -0.25) is 4.79 Å². The molecule has 0 bridgehead atoms. The van der Waals surface area contributed by atoms with E-state index < -0.39 is 74.2 Å². The number of amides is 1. The number of allylic oxidation sites excluding steroid dienone is 6. The number of carbonyl (C=O) groups excluding carboxylic acids is 1. The maximum absolute atomic E-state index is 13.2. The van der Waals surface area contributed by atoms with Crippen LogP contribution in [0.1, 0.15) is 328 Å². The van der Waals surface area contributed by atoms with Crippen molar-refractivity contribution in [3.8, 4) is 0 Å². The van der Waals surface area contributed by atoms with E-state index in [1.54, 1.807) is 0 Å². The first-order valence-electron chi connectivity index (χ1n) is 34.4.